The van der Waals surface area contributed by atoms with Crippen molar-refractivity contribution in [3.8, 4) is 0 Å². The van der Waals surface area contributed by atoms with E-state index in [9.17, 15) is 4.79 Å². The molecule has 3 rings (SSSR count). The van der Waals surface area contributed by atoms with Crippen molar-refractivity contribution in [2.45, 2.75) is 38.0 Å². The number of hydrogen-bond donors (Lipinski definition) is 1. The molecule has 1 aliphatic heterocycles. The highest BCUT2D eigenvalue weighted by atomic mass is 35.5. The van der Waals surface area contributed by atoms with Gasteiger partial charge in [-0.25, -0.2) is 0 Å². The lowest BCUT2D eigenvalue weighted by molar-refractivity contribution is -0.159. The maximum Gasteiger partial charge on any atom is 0.227 e. The quantitative estimate of drug-likeness (QED) is 0.848. The second kappa shape index (κ2) is 4.90. The van der Waals surface area contributed by atoms with Crippen LogP contribution in [0.25, 0.3) is 0 Å². The lowest BCUT2D eigenvalue weighted by atomic mass is 9.84. The van der Waals surface area contributed by atoms with E-state index in [4.69, 9.17) is 16.3 Å². The average Bonchev–Trinajstić information content (AvgIpc) is 2.39. The van der Waals surface area contributed by atoms with E-state index in [1.807, 2.05) is 24.3 Å². The summed E-state index contributed by atoms with van der Waals surface area (Å²) in [6.07, 6.45) is 3.91. The molecule has 1 aliphatic carbocycles. The highest BCUT2D eigenvalue weighted by molar-refractivity contribution is 6.30. The Kier molecular flexibility index (Phi) is 3.27. The molecule has 0 spiro atoms. The average molecular weight is 266 g/mol. The normalized spacial score (nSPS) is 31.6. The van der Waals surface area contributed by atoms with Crippen molar-refractivity contribution in [3.63, 3.8) is 0 Å². The topological polar surface area (TPSA) is 38.3 Å². The number of rotatable bonds is 1. The maximum absolute atomic E-state index is 12.1. The van der Waals surface area contributed by atoms with E-state index in [-0.39, 0.29) is 24.2 Å². The fourth-order valence-corrected chi connectivity index (χ4v) is 3.04. The van der Waals surface area contributed by atoms with E-state index in [2.05, 4.69) is 5.32 Å². The predicted octanol–water partition coefficient (Wildman–Crippen LogP) is 3.04. The summed E-state index contributed by atoms with van der Waals surface area (Å²) in [5.41, 5.74) is 0.917. The second-order valence-electron chi connectivity index (χ2n) is 5.01. The van der Waals surface area contributed by atoms with Gasteiger partial charge in [-0.15, -0.1) is 0 Å². The van der Waals surface area contributed by atoms with Crippen LogP contribution in [0.1, 0.15) is 37.5 Å². The lowest BCUT2D eigenvalue weighted by Gasteiger charge is -2.39. The van der Waals surface area contributed by atoms with Crippen molar-refractivity contribution in [1.29, 1.82) is 0 Å². The smallest absolute Gasteiger partial charge is 0.227 e. The summed E-state index contributed by atoms with van der Waals surface area (Å²) in [6, 6.07) is 7.47. The number of carbonyl (C=O) groups excluding carboxylic acids is 1. The summed E-state index contributed by atoms with van der Waals surface area (Å²) in [5, 5.41) is 3.60. The third kappa shape index (κ3) is 2.25. The van der Waals surface area contributed by atoms with E-state index < -0.39 is 0 Å². The molecule has 3 nitrogen and oxygen atoms in total. The van der Waals surface area contributed by atoms with Crippen LogP contribution in [-0.4, -0.2) is 12.0 Å². The molecule has 1 saturated carbocycles. The van der Waals surface area contributed by atoms with Gasteiger partial charge in [-0.1, -0.05) is 36.6 Å². The Balaban J connectivity index is 1.81. The molecule has 18 heavy (non-hydrogen) atoms. The van der Waals surface area contributed by atoms with Crippen molar-refractivity contribution in [2.24, 2.45) is 5.92 Å². The van der Waals surface area contributed by atoms with Crippen molar-refractivity contribution < 1.29 is 9.53 Å². The summed E-state index contributed by atoms with van der Waals surface area (Å²) >= 11 is 5.97. The molecule has 0 aromatic heterocycles. The number of ether oxygens (including phenoxy) is 1. The second-order valence-corrected chi connectivity index (χ2v) is 5.45. The van der Waals surface area contributed by atoms with Gasteiger partial charge in [-0.2, -0.15) is 0 Å². The molecule has 1 aromatic rings. The molecule has 0 bridgehead atoms. The van der Waals surface area contributed by atoms with Crippen molar-refractivity contribution in [2.75, 3.05) is 0 Å². The van der Waals surface area contributed by atoms with Gasteiger partial charge >= 0.3 is 0 Å². The van der Waals surface area contributed by atoms with Crippen molar-refractivity contribution in [3.05, 3.63) is 34.9 Å². The van der Waals surface area contributed by atoms with E-state index in [1.54, 1.807) is 0 Å². The molecule has 1 amide bonds. The monoisotopic (exact) mass is 265 g/mol. The summed E-state index contributed by atoms with van der Waals surface area (Å²) in [7, 11) is 0. The molecule has 1 saturated heterocycles. The van der Waals surface area contributed by atoms with E-state index in [0.717, 1.165) is 31.2 Å². The number of hydrogen-bond acceptors (Lipinski definition) is 2. The van der Waals surface area contributed by atoms with Gasteiger partial charge in [0.05, 0.1) is 12.0 Å². The first-order valence-corrected chi connectivity index (χ1v) is 6.83. The number of carbonyl (C=O) groups is 1. The highest BCUT2D eigenvalue weighted by Crippen LogP contribution is 2.34. The molecule has 1 N–H and O–H groups in total. The number of amides is 1. The van der Waals surface area contributed by atoms with Gasteiger partial charge in [0.25, 0.3) is 0 Å². The van der Waals surface area contributed by atoms with Crippen LogP contribution in [0.3, 0.4) is 0 Å². The summed E-state index contributed by atoms with van der Waals surface area (Å²) < 4.78 is 6.01. The van der Waals surface area contributed by atoms with Gasteiger partial charge in [0.1, 0.15) is 0 Å². The Hall–Kier alpha value is -1.06. The number of halogens is 1. The minimum absolute atomic E-state index is 0.0363. The molecule has 4 heteroatoms. The van der Waals surface area contributed by atoms with Gasteiger partial charge < -0.3 is 10.1 Å². The van der Waals surface area contributed by atoms with Crippen LogP contribution in [0.5, 0.6) is 0 Å². The van der Waals surface area contributed by atoms with E-state index >= 15 is 0 Å². The third-order valence-electron chi connectivity index (χ3n) is 3.77. The summed E-state index contributed by atoms with van der Waals surface area (Å²) in [6.45, 7) is 0. The van der Waals surface area contributed by atoms with Gasteiger partial charge in [-0.05, 0) is 25.0 Å². The van der Waals surface area contributed by atoms with Crippen LogP contribution in [0.2, 0.25) is 5.02 Å². The molecular weight excluding hydrogens is 250 g/mol. The zero-order valence-corrected chi connectivity index (χ0v) is 10.8. The fraction of sp³-hybridized carbons (Fsp3) is 0.500. The Morgan fingerprint density at radius 2 is 2.11 bits per heavy atom. The molecule has 96 valence electrons. The van der Waals surface area contributed by atoms with Gasteiger partial charge in [0.15, 0.2) is 6.23 Å². The highest BCUT2D eigenvalue weighted by Gasteiger charge is 2.38. The van der Waals surface area contributed by atoms with Gasteiger partial charge in [0, 0.05) is 10.6 Å². The molecular formula is C14H16ClNO2. The standard InChI is InChI=1S/C14H16ClNO2/c15-10-5-3-4-9(8-10)14-16-13(17)11-6-1-2-7-12(11)18-14/h3-5,8,11-12,14H,1-2,6-7H2,(H,16,17)/t11-,12+,14-/m1/s1. The number of benzene rings is 1. The van der Waals surface area contributed by atoms with E-state index in [0.29, 0.717) is 5.02 Å². The largest absolute Gasteiger partial charge is 0.350 e. The third-order valence-corrected chi connectivity index (χ3v) is 4.01. The minimum Gasteiger partial charge on any atom is -0.350 e. The zero-order valence-electron chi connectivity index (χ0n) is 10.1. The van der Waals surface area contributed by atoms with Crippen LogP contribution in [0, 0.1) is 5.92 Å². The van der Waals surface area contributed by atoms with E-state index in [1.165, 1.54) is 0 Å². The summed E-state index contributed by atoms with van der Waals surface area (Å²) in [5.74, 6) is 0.158. The number of nitrogens with one attached hydrogen (secondary N) is 1. The molecule has 2 aliphatic rings. The first-order valence-electron chi connectivity index (χ1n) is 6.45. The van der Waals surface area contributed by atoms with Crippen LogP contribution < -0.4 is 5.32 Å². The minimum atomic E-state index is -0.351. The van der Waals surface area contributed by atoms with Crippen LogP contribution in [0.15, 0.2) is 24.3 Å². The van der Waals surface area contributed by atoms with Crippen LogP contribution in [-0.2, 0) is 9.53 Å². The molecule has 0 radical (unpaired) electrons. The van der Waals surface area contributed by atoms with Crippen molar-refractivity contribution >= 4 is 17.5 Å². The fourth-order valence-electron chi connectivity index (χ4n) is 2.84. The maximum atomic E-state index is 12.1. The first-order chi connectivity index (χ1) is 8.74. The van der Waals surface area contributed by atoms with Crippen LogP contribution in [0.4, 0.5) is 0 Å². The van der Waals surface area contributed by atoms with Crippen molar-refractivity contribution in [1.82, 2.24) is 5.32 Å². The Morgan fingerprint density at radius 1 is 1.28 bits per heavy atom. The Bertz CT molecular complexity index is 463. The predicted molar refractivity (Wildman–Crippen MR) is 69.2 cm³/mol. The molecule has 1 heterocycles. The molecule has 3 atom stereocenters. The SMILES string of the molecule is O=C1N[C@@H](c2cccc(Cl)c2)O[C@H]2CCCC[C@@H]12. The Morgan fingerprint density at radius 3 is 2.94 bits per heavy atom. The van der Waals surface area contributed by atoms with Gasteiger partial charge in [0.2, 0.25) is 5.91 Å². The Labute approximate surface area is 111 Å². The summed E-state index contributed by atoms with van der Waals surface area (Å²) in [4.78, 5) is 12.1. The lowest BCUT2D eigenvalue weighted by Crippen LogP contribution is -2.49. The van der Waals surface area contributed by atoms with Gasteiger partial charge in [-0.3, -0.25) is 4.79 Å². The molecule has 1 aromatic carbocycles. The first kappa shape index (κ1) is 12.0. The zero-order chi connectivity index (χ0) is 12.5. The number of fused-ring (bicyclic) bond motifs is 1. The molecule has 0 unspecified atom stereocenters. The van der Waals surface area contributed by atoms with Crippen LogP contribution >= 0.6 is 11.6 Å². The molecule has 2 fully saturated rings.